The van der Waals surface area contributed by atoms with Crippen molar-refractivity contribution in [3.63, 3.8) is 0 Å². The summed E-state index contributed by atoms with van der Waals surface area (Å²) in [6.07, 6.45) is 13.0. The van der Waals surface area contributed by atoms with Crippen LogP contribution in [0.4, 0.5) is 11.6 Å². The quantitative estimate of drug-likeness (QED) is 0.223. The normalized spacial score (nSPS) is 15.1. The number of alkyl halides is 1. The number of nitrogens with zero attached hydrogens (tertiary/aromatic N) is 3. The van der Waals surface area contributed by atoms with Gasteiger partial charge in [-0.2, -0.15) is 8.97 Å². The highest BCUT2D eigenvalue weighted by atomic mass is 35.5. The monoisotopic (exact) mass is 426 g/mol. The summed E-state index contributed by atoms with van der Waals surface area (Å²) in [4.78, 5) is 16.6. The topological polar surface area (TPSA) is 97.3 Å². The molecule has 0 bridgehead atoms. The Bertz CT molecular complexity index is 886. The summed E-state index contributed by atoms with van der Waals surface area (Å²) >= 11 is 10.7. The van der Waals surface area contributed by atoms with E-state index in [-0.39, 0.29) is 11.1 Å². The highest BCUT2D eigenvalue weighted by molar-refractivity contribution is 6.29. The van der Waals surface area contributed by atoms with Gasteiger partial charge < -0.3 is 16.2 Å². The zero-order valence-corrected chi connectivity index (χ0v) is 17.5. The molecule has 0 aliphatic heterocycles. The minimum atomic E-state index is -0.207. The zero-order valence-electron chi connectivity index (χ0n) is 16.0. The molecule has 2 aromatic heterocycles. The van der Waals surface area contributed by atoms with Gasteiger partial charge >= 0.3 is 5.78 Å². The number of rotatable bonds is 4. The van der Waals surface area contributed by atoms with Crippen molar-refractivity contribution in [1.82, 2.24) is 9.55 Å². The average molecular weight is 427 g/mol. The van der Waals surface area contributed by atoms with Crippen LogP contribution in [-0.4, -0.2) is 33.0 Å². The molecule has 0 radical (unpaired) electrons. The standard InChI is InChI=1S/C18H22ClN5O2.CH3Cl/c1-12(26)23-14(9-5-6-10-25)17(21-13-7-3-2-4-8-13)24-16(20)11-15(19)22-18(23)24;1-2/h5-6,9-11,13,20-21,25H,2-4,7-8H2,1H3;1H3/p+1/b9-5+,10-6-;. The minimum absolute atomic E-state index is 0.207. The molecule has 3 rings (SSSR count). The molecular formula is C19H26Cl2N5O2+. The van der Waals surface area contributed by atoms with Crippen LogP contribution in [-0.2, 0) is 0 Å². The Kier molecular flexibility index (Phi) is 8.14. The predicted octanol–water partition coefficient (Wildman–Crippen LogP) is 4.20. The third kappa shape index (κ3) is 4.77. The molecule has 0 spiro atoms. The molecule has 0 saturated heterocycles. The minimum Gasteiger partial charge on any atom is -0.516 e. The highest BCUT2D eigenvalue weighted by Crippen LogP contribution is 2.26. The molecule has 0 unspecified atom stereocenters. The molecule has 9 heteroatoms. The second-order valence-corrected chi connectivity index (χ2v) is 6.79. The van der Waals surface area contributed by atoms with Crippen molar-refractivity contribution in [1.29, 1.82) is 0 Å². The van der Waals surface area contributed by atoms with Crippen molar-refractivity contribution in [2.45, 2.75) is 45.1 Å². The molecule has 152 valence electrons. The number of nitrogens with two attached hydrogens (primary N) is 1. The van der Waals surface area contributed by atoms with Crippen molar-refractivity contribution < 1.29 is 14.3 Å². The van der Waals surface area contributed by atoms with Gasteiger partial charge in [0.05, 0.1) is 12.3 Å². The van der Waals surface area contributed by atoms with Crippen molar-refractivity contribution in [3.05, 3.63) is 35.3 Å². The molecule has 28 heavy (non-hydrogen) atoms. The van der Waals surface area contributed by atoms with Crippen molar-refractivity contribution in [3.8, 4) is 0 Å². The van der Waals surface area contributed by atoms with E-state index < -0.39 is 0 Å². The number of aliphatic hydroxyl groups excluding tert-OH is 1. The third-order valence-electron chi connectivity index (χ3n) is 4.55. The number of allylic oxidation sites excluding steroid dienone is 2. The Hall–Kier alpha value is -2.25. The third-order valence-corrected chi connectivity index (χ3v) is 4.74. The Morgan fingerprint density at radius 1 is 1.36 bits per heavy atom. The van der Waals surface area contributed by atoms with Gasteiger partial charge in [0.2, 0.25) is 5.82 Å². The van der Waals surface area contributed by atoms with E-state index in [0.29, 0.717) is 29.1 Å². The predicted molar refractivity (Wildman–Crippen MR) is 114 cm³/mol. The lowest BCUT2D eigenvalue weighted by molar-refractivity contribution is -0.481. The fraction of sp³-hybridized carbons (Fsp3) is 0.421. The number of carbonyl (C=O) groups is 1. The molecule has 1 aliphatic carbocycles. The second kappa shape index (κ2) is 10.3. The van der Waals surface area contributed by atoms with Gasteiger partial charge in [0.15, 0.2) is 11.0 Å². The van der Waals surface area contributed by atoms with E-state index in [1.165, 1.54) is 43.2 Å². The van der Waals surface area contributed by atoms with E-state index in [4.69, 9.17) is 22.4 Å². The summed E-state index contributed by atoms with van der Waals surface area (Å²) in [6, 6.07) is 1.87. The molecule has 2 heterocycles. The summed E-state index contributed by atoms with van der Waals surface area (Å²) in [5.41, 5.74) is 6.81. The fourth-order valence-electron chi connectivity index (χ4n) is 3.43. The SMILES string of the molecule is CC(=O)n1c(/C=C/C=C\O)c(NC2CCCCC2)[n+]2c(N)cc(Cl)nc12.CCl. The van der Waals surface area contributed by atoms with Gasteiger partial charge in [0, 0.05) is 19.4 Å². The molecule has 1 saturated carbocycles. The van der Waals surface area contributed by atoms with Crippen LogP contribution >= 0.6 is 23.2 Å². The molecule has 0 amide bonds. The van der Waals surface area contributed by atoms with E-state index in [9.17, 15) is 4.79 Å². The van der Waals surface area contributed by atoms with Gasteiger partial charge in [-0.3, -0.25) is 4.79 Å². The lowest BCUT2D eigenvalue weighted by Crippen LogP contribution is -2.34. The number of nitrogen functional groups attached to an aromatic ring is 1. The Labute approximate surface area is 174 Å². The van der Waals surface area contributed by atoms with Crippen LogP contribution < -0.4 is 15.5 Å². The fourth-order valence-corrected chi connectivity index (χ4v) is 3.61. The molecule has 0 aromatic carbocycles. The number of anilines is 2. The number of nitrogens with one attached hydrogen (secondary N) is 1. The summed E-state index contributed by atoms with van der Waals surface area (Å²) in [6.45, 7) is 1.46. The van der Waals surface area contributed by atoms with Gasteiger partial charge in [0.1, 0.15) is 5.69 Å². The van der Waals surface area contributed by atoms with E-state index in [1.807, 2.05) is 0 Å². The molecule has 0 atom stereocenters. The number of aliphatic hydroxyl groups is 1. The first-order chi connectivity index (χ1) is 13.5. The lowest BCUT2D eigenvalue weighted by Gasteiger charge is -2.21. The number of halogens is 2. The molecule has 1 aliphatic rings. The van der Waals surface area contributed by atoms with E-state index in [2.05, 4.69) is 21.9 Å². The molecule has 1 fully saturated rings. The van der Waals surface area contributed by atoms with E-state index >= 15 is 0 Å². The molecular weight excluding hydrogens is 401 g/mol. The van der Waals surface area contributed by atoms with Crippen LogP contribution in [0.3, 0.4) is 0 Å². The number of imidazole rings is 1. The Morgan fingerprint density at radius 3 is 2.64 bits per heavy atom. The van der Waals surface area contributed by atoms with Crippen LogP contribution in [0, 0.1) is 0 Å². The first kappa shape index (κ1) is 22.0. The lowest BCUT2D eigenvalue weighted by atomic mass is 9.95. The van der Waals surface area contributed by atoms with Gasteiger partial charge in [0.25, 0.3) is 5.91 Å². The van der Waals surface area contributed by atoms with Crippen LogP contribution in [0.5, 0.6) is 0 Å². The van der Waals surface area contributed by atoms with Gasteiger partial charge in [-0.15, -0.1) is 16.6 Å². The van der Waals surface area contributed by atoms with E-state index in [0.717, 1.165) is 19.1 Å². The van der Waals surface area contributed by atoms with Crippen molar-refractivity contribution >= 4 is 52.6 Å². The largest absolute Gasteiger partial charge is 0.516 e. The van der Waals surface area contributed by atoms with Crippen LogP contribution in [0.1, 0.15) is 49.5 Å². The van der Waals surface area contributed by atoms with Crippen LogP contribution in [0.2, 0.25) is 5.15 Å². The first-order valence-electron chi connectivity index (χ1n) is 9.08. The number of aromatic nitrogens is 3. The Morgan fingerprint density at radius 2 is 2.04 bits per heavy atom. The maximum Gasteiger partial charge on any atom is 0.342 e. The van der Waals surface area contributed by atoms with Gasteiger partial charge in [-0.25, -0.2) is 0 Å². The first-order valence-corrected chi connectivity index (χ1v) is 10.2. The van der Waals surface area contributed by atoms with E-state index in [1.54, 1.807) is 22.6 Å². The maximum absolute atomic E-state index is 12.3. The Balaban J connectivity index is 0.00000136. The second-order valence-electron chi connectivity index (χ2n) is 6.41. The summed E-state index contributed by atoms with van der Waals surface area (Å²) in [7, 11) is 0. The van der Waals surface area contributed by atoms with Crippen molar-refractivity contribution in [2.24, 2.45) is 0 Å². The number of fused-ring (bicyclic) bond motifs is 1. The van der Waals surface area contributed by atoms with Gasteiger partial charge in [-0.1, -0.05) is 36.9 Å². The number of carbonyl (C=O) groups excluding carboxylic acids is 1. The molecule has 7 nitrogen and oxygen atoms in total. The maximum atomic E-state index is 12.3. The smallest absolute Gasteiger partial charge is 0.342 e. The number of hydrogen-bond acceptors (Lipinski definition) is 5. The molecule has 2 aromatic rings. The average Bonchev–Trinajstić information content (AvgIpc) is 2.98. The summed E-state index contributed by atoms with van der Waals surface area (Å²) in [5.74, 6) is 1.24. The number of hydrogen-bond donors (Lipinski definition) is 3. The van der Waals surface area contributed by atoms with Crippen molar-refractivity contribution in [2.75, 3.05) is 17.4 Å². The zero-order chi connectivity index (χ0) is 20.7. The van der Waals surface area contributed by atoms with Crippen LogP contribution in [0.15, 0.2) is 24.5 Å². The van der Waals surface area contributed by atoms with Gasteiger partial charge in [-0.05, 0) is 25.0 Å². The summed E-state index contributed by atoms with van der Waals surface area (Å²) < 4.78 is 3.18. The highest BCUT2D eigenvalue weighted by Gasteiger charge is 2.29. The van der Waals surface area contributed by atoms with Crippen LogP contribution in [0.25, 0.3) is 11.9 Å². The molecule has 4 N–H and O–H groups in total. The summed E-state index contributed by atoms with van der Waals surface area (Å²) in [5, 5.41) is 12.7.